The zero-order valence-electron chi connectivity index (χ0n) is 13.3. The number of amides is 1. The normalized spacial score (nSPS) is 10.6. The zero-order chi connectivity index (χ0) is 17.0. The van der Waals surface area contributed by atoms with Crippen LogP contribution < -0.4 is 5.32 Å². The monoisotopic (exact) mass is 394 g/mol. The van der Waals surface area contributed by atoms with Gasteiger partial charge in [-0.15, -0.1) is 11.8 Å². The standard InChI is InChI=1S/C17H19BrN2O2S/c1-10-15(12(3)21)11(2)20-16(10)17(22)19-8-9-23-14-6-4-13(18)5-7-14/h4-7,20H,8-9H2,1-3H3,(H,19,22). The molecule has 2 rings (SSSR count). The van der Waals surface area contributed by atoms with Gasteiger partial charge in [0.1, 0.15) is 5.69 Å². The van der Waals surface area contributed by atoms with Gasteiger partial charge in [0.2, 0.25) is 0 Å². The topological polar surface area (TPSA) is 62.0 Å². The number of carbonyl (C=O) groups excluding carboxylic acids is 2. The molecule has 23 heavy (non-hydrogen) atoms. The van der Waals surface area contributed by atoms with Crippen molar-refractivity contribution in [3.63, 3.8) is 0 Å². The molecule has 0 radical (unpaired) electrons. The molecule has 1 aromatic carbocycles. The molecule has 0 bridgehead atoms. The molecule has 122 valence electrons. The average Bonchev–Trinajstić information content (AvgIpc) is 2.80. The Morgan fingerprint density at radius 2 is 1.87 bits per heavy atom. The van der Waals surface area contributed by atoms with Gasteiger partial charge in [0, 0.05) is 32.9 Å². The Bertz CT molecular complexity index is 723. The van der Waals surface area contributed by atoms with E-state index in [9.17, 15) is 9.59 Å². The Hall–Kier alpha value is -1.53. The van der Waals surface area contributed by atoms with Crippen LogP contribution >= 0.6 is 27.7 Å². The molecule has 2 aromatic rings. The summed E-state index contributed by atoms with van der Waals surface area (Å²) in [5, 5.41) is 2.89. The molecule has 0 fully saturated rings. The highest BCUT2D eigenvalue weighted by molar-refractivity contribution is 9.10. The van der Waals surface area contributed by atoms with Crippen molar-refractivity contribution in [3.05, 3.63) is 51.3 Å². The summed E-state index contributed by atoms with van der Waals surface area (Å²) in [6.07, 6.45) is 0. The van der Waals surface area contributed by atoms with Gasteiger partial charge in [0.15, 0.2) is 5.78 Å². The minimum atomic E-state index is -0.172. The summed E-state index contributed by atoms with van der Waals surface area (Å²) in [7, 11) is 0. The SMILES string of the molecule is CC(=O)c1c(C)[nH]c(C(=O)NCCSc2ccc(Br)cc2)c1C. The van der Waals surface area contributed by atoms with Crippen LogP contribution in [-0.2, 0) is 0 Å². The van der Waals surface area contributed by atoms with Gasteiger partial charge < -0.3 is 10.3 Å². The van der Waals surface area contributed by atoms with Gasteiger partial charge in [0.25, 0.3) is 5.91 Å². The van der Waals surface area contributed by atoms with E-state index in [4.69, 9.17) is 0 Å². The van der Waals surface area contributed by atoms with E-state index in [2.05, 4.69) is 26.2 Å². The van der Waals surface area contributed by atoms with Crippen LogP contribution in [0.1, 0.15) is 39.0 Å². The van der Waals surface area contributed by atoms with Crippen LogP contribution in [0.2, 0.25) is 0 Å². The van der Waals surface area contributed by atoms with E-state index in [0.717, 1.165) is 20.8 Å². The molecule has 0 aliphatic heterocycles. The molecule has 0 aliphatic carbocycles. The summed E-state index contributed by atoms with van der Waals surface area (Å²) in [4.78, 5) is 28.0. The van der Waals surface area contributed by atoms with Gasteiger partial charge in [-0.2, -0.15) is 0 Å². The molecule has 0 unspecified atom stereocenters. The maximum Gasteiger partial charge on any atom is 0.268 e. The molecule has 6 heteroatoms. The maximum absolute atomic E-state index is 12.2. The van der Waals surface area contributed by atoms with Crippen molar-refractivity contribution in [2.45, 2.75) is 25.7 Å². The van der Waals surface area contributed by atoms with Crippen molar-refractivity contribution in [3.8, 4) is 0 Å². The molecule has 1 amide bonds. The Kier molecular flexibility index (Phi) is 6.07. The number of halogens is 1. The number of hydrogen-bond acceptors (Lipinski definition) is 3. The largest absolute Gasteiger partial charge is 0.354 e. The molecule has 0 aliphatic rings. The Labute approximate surface area is 148 Å². The Morgan fingerprint density at radius 1 is 1.22 bits per heavy atom. The van der Waals surface area contributed by atoms with Crippen LogP contribution in [0.25, 0.3) is 0 Å². The van der Waals surface area contributed by atoms with Crippen molar-refractivity contribution in [2.75, 3.05) is 12.3 Å². The fraction of sp³-hybridized carbons (Fsp3) is 0.294. The number of benzene rings is 1. The lowest BCUT2D eigenvalue weighted by Crippen LogP contribution is -2.26. The maximum atomic E-state index is 12.2. The van der Waals surface area contributed by atoms with Crippen molar-refractivity contribution in [1.82, 2.24) is 10.3 Å². The van der Waals surface area contributed by atoms with E-state index >= 15 is 0 Å². The highest BCUT2D eigenvalue weighted by Crippen LogP contribution is 2.20. The van der Waals surface area contributed by atoms with Crippen LogP contribution in [0.4, 0.5) is 0 Å². The van der Waals surface area contributed by atoms with Gasteiger partial charge in [-0.1, -0.05) is 15.9 Å². The van der Waals surface area contributed by atoms with Crippen molar-refractivity contribution in [2.24, 2.45) is 0 Å². The second-order valence-electron chi connectivity index (χ2n) is 5.24. The highest BCUT2D eigenvalue weighted by atomic mass is 79.9. The van der Waals surface area contributed by atoms with Crippen molar-refractivity contribution < 1.29 is 9.59 Å². The summed E-state index contributed by atoms with van der Waals surface area (Å²) < 4.78 is 1.05. The van der Waals surface area contributed by atoms with Gasteiger partial charge in [-0.05, 0) is 50.6 Å². The number of hydrogen-bond donors (Lipinski definition) is 2. The first-order valence-electron chi connectivity index (χ1n) is 7.26. The number of H-pyrrole nitrogens is 1. The molecular formula is C17H19BrN2O2S. The molecule has 0 saturated heterocycles. The first kappa shape index (κ1) is 17.8. The van der Waals surface area contributed by atoms with E-state index in [1.807, 2.05) is 31.2 Å². The smallest absolute Gasteiger partial charge is 0.268 e. The third-order valence-corrected chi connectivity index (χ3v) is 5.03. The average molecular weight is 395 g/mol. The van der Waals surface area contributed by atoms with Gasteiger partial charge in [-0.3, -0.25) is 9.59 Å². The first-order valence-corrected chi connectivity index (χ1v) is 9.04. The number of aromatic amines is 1. The summed E-state index contributed by atoms with van der Waals surface area (Å²) in [6.45, 7) is 5.68. The molecule has 2 N–H and O–H groups in total. The lowest BCUT2D eigenvalue weighted by Gasteiger charge is -2.05. The van der Waals surface area contributed by atoms with Crippen LogP contribution in [-0.4, -0.2) is 29.0 Å². The number of rotatable bonds is 6. The minimum Gasteiger partial charge on any atom is -0.354 e. The Morgan fingerprint density at radius 3 is 2.43 bits per heavy atom. The lowest BCUT2D eigenvalue weighted by molar-refractivity contribution is 0.0951. The molecular weight excluding hydrogens is 376 g/mol. The van der Waals surface area contributed by atoms with Crippen LogP contribution in [0.3, 0.4) is 0 Å². The second-order valence-corrected chi connectivity index (χ2v) is 7.32. The highest BCUT2D eigenvalue weighted by Gasteiger charge is 2.19. The number of aromatic nitrogens is 1. The predicted molar refractivity (Wildman–Crippen MR) is 97.5 cm³/mol. The summed E-state index contributed by atoms with van der Waals surface area (Å²) >= 11 is 5.09. The summed E-state index contributed by atoms with van der Waals surface area (Å²) in [6, 6.07) is 8.06. The third kappa shape index (κ3) is 4.48. The third-order valence-electron chi connectivity index (χ3n) is 3.49. The molecule has 4 nitrogen and oxygen atoms in total. The van der Waals surface area contributed by atoms with Crippen molar-refractivity contribution in [1.29, 1.82) is 0 Å². The minimum absolute atomic E-state index is 0.0268. The Balaban J connectivity index is 1.89. The number of Topliss-reactive ketones (excluding diaryl/α,β-unsaturated/α-hetero) is 1. The number of ketones is 1. The molecule has 1 heterocycles. The van der Waals surface area contributed by atoms with Crippen molar-refractivity contribution >= 4 is 39.4 Å². The molecule has 0 spiro atoms. The first-order chi connectivity index (χ1) is 10.9. The van der Waals surface area contributed by atoms with Crippen LogP contribution in [0.15, 0.2) is 33.6 Å². The van der Waals surface area contributed by atoms with E-state index in [0.29, 0.717) is 23.4 Å². The number of thioether (sulfide) groups is 1. The lowest BCUT2D eigenvalue weighted by atomic mass is 10.1. The van der Waals surface area contributed by atoms with E-state index in [1.165, 1.54) is 6.92 Å². The quantitative estimate of drug-likeness (QED) is 0.440. The fourth-order valence-electron chi connectivity index (χ4n) is 2.46. The number of carbonyl (C=O) groups is 2. The van der Waals surface area contributed by atoms with Gasteiger partial charge in [0.05, 0.1) is 0 Å². The summed E-state index contributed by atoms with van der Waals surface area (Å²) in [5.41, 5.74) is 2.54. The number of aryl methyl sites for hydroxylation is 1. The van der Waals surface area contributed by atoms with Crippen LogP contribution in [0, 0.1) is 13.8 Å². The molecule has 0 saturated carbocycles. The predicted octanol–water partition coefficient (Wildman–Crippen LogP) is 4.12. The van der Waals surface area contributed by atoms with E-state index in [1.54, 1.807) is 18.7 Å². The molecule has 0 atom stereocenters. The van der Waals surface area contributed by atoms with Gasteiger partial charge >= 0.3 is 0 Å². The van der Waals surface area contributed by atoms with Crippen LogP contribution in [0.5, 0.6) is 0 Å². The zero-order valence-corrected chi connectivity index (χ0v) is 15.7. The summed E-state index contributed by atoms with van der Waals surface area (Å²) in [5.74, 6) is 0.585. The van der Waals surface area contributed by atoms with E-state index < -0.39 is 0 Å². The van der Waals surface area contributed by atoms with Gasteiger partial charge in [-0.25, -0.2) is 0 Å². The fourth-order valence-corrected chi connectivity index (χ4v) is 3.49. The number of nitrogens with one attached hydrogen (secondary N) is 2. The van der Waals surface area contributed by atoms with E-state index in [-0.39, 0.29) is 11.7 Å². The second kappa shape index (κ2) is 7.84. The molecule has 1 aromatic heterocycles.